The van der Waals surface area contributed by atoms with Gasteiger partial charge < -0.3 is 0 Å². The maximum Gasteiger partial charge on any atom is 0.178 e. The molecule has 0 atom stereocenters. The lowest BCUT2D eigenvalue weighted by molar-refractivity contribution is 0.101. The Morgan fingerprint density at radius 2 is 1.73 bits per heavy atom. The number of rotatable bonds is 2. The van der Waals surface area contributed by atoms with E-state index < -0.39 is 0 Å². The second-order valence-electron chi connectivity index (χ2n) is 6.00. The normalized spacial score (nSPS) is 11.1. The maximum absolute atomic E-state index is 11.9. The average molecular weight is 292 g/mol. The predicted molar refractivity (Wildman–Crippen MR) is 90.4 cm³/mol. The fraction of sp³-hybridized carbons (Fsp3) is 0.263. The molecule has 1 aromatic heterocycles. The molecule has 0 fully saturated rings. The van der Waals surface area contributed by atoms with Crippen molar-refractivity contribution in [3.05, 3.63) is 52.7 Å². The summed E-state index contributed by atoms with van der Waals surface area (Å²) in [7, 11) is 1.83. The third-order valence-corrected chi connectivity index (χ3v) is 4.14. The van der Waals surface area contributed by atoms with Crippen LogP contribution in [0.4, 0.5) is 0 Å². The van der Waals surface area contributed by atoms with Crippen molar-refractivity contribution in [1.82, 2.24) is 9.78 Å². The SMILES string of the molecule is CC(=O)c1c2cccc(-c3c(C)cc(C)cc3C)c2nn1C. The van der Waals surface area contributed by atoms with Crippen LogP contribution in [0, 0.1) is 20.8 Å². The molecule has 0 saturated carbocycles. The molecule has 22 heavy (non-hydrogen) atoms. The van der Waals surface area contributed by atoms with Crippen LogP contribution in [0.3, 0.4) is 0 Å². The Hall–Kier alpha value is -2.42. The molecule has 0 aliphatic carbocycles. The third kappa shape index (κ3) is 2.13. The highest BCUT2D eigenvalue weighted by Crippen LogP contribution is 2.34. The molecule has 0 spiro atoms. The fourth-order valence-electron chi connectivity index (χ4n) is 3.44. The average Bonchev–Trinajstić information content (AvgIpc) is 2.74. The molecule has 0 aliphatic rings. The van der Waals surface area contributed by atoms with Crippen LogP contribution in [-0.4, -0.2) is 15.6 Å². The standard InChI is InChI=1S/C19H20N2O/c1-11-9-12(2)17(13(3)10-11)15-7-6-8-16-18(15)20-21(5)19(16)14(4)22/h6-10H,1-5H3. The highest BCUT2D eigenvalue weighted by molar-refractivity contribution is 6.08. The summed E-state index contributed by atoms with van der Waals surface area (Å²) in [4.78, 5) is 11.9. The number of Topliss-reactive ketones (excluding diaryl/α,β-unsaturated/α-hetero) is 1. The first-order valence-corrected chi connectivity index (χ1v) is 7.45. The smallest absolute Gasteiger partial charge is 0.178 e. The van der Waals surface area contributed by atoms with E-state index in [4.69, 9.17) is 0 Å². The third-order valence-electron chi connectivity index (χ3n) is 4.14. The van der Waals surface area contributed by atoms with Crippen LogP contribution in [0.1, 0.15) is 34.1 Å². The second kappa shape index (κ2) is 5.09. The number of aryl methyl sites for hydroxylation is 4. The Morgan fingerprint density at radius 1 is 1.09 bits per heavy atom. The summed E-state index contributed by atoms with van der Waals surface area (Å²) in [6, 6.07) is 10.4. The van der Waals surface area contributed by atoms with Gasteiger partial charge in [0.15, 0.2) is 5.78 Å². The minimum atomic E-state index is 0.0412. The van der Waals surface area contributed by atoms with Crippen molar-refractivity contribution < 1.29 is 4.79 Å². The van der Waals surface area contributed by atoms with Gasteiger partial charge in [-0.15, -0.1) is 0 Å². The van der Waals surface area contributed by atoms with Gasteiger partial charge in [0, 0.05) is 24.9 Å². The van der Waals surface area contributed by atoms with E-state index in [1.807, 2.05) is 19.2 Å². The van der Waals surface area contributed by atoms with Crippen molar-refractivity contribution in [2.75, 3.05) is 0 Å². The monoisotopic (exact) mass is 292 g/mol. The largest absolute Gasteiger partial charge is 0.293 e. The highest BCUT2D eigenvalue weighted by Gasteiger charge is 2.17. The molecular formula is C19H20N2O. The number of carbonyl (C=O) groups is 1. The number of carbonyl (C=O) groups excluding carboxylic acids is 1. The number of hydrogen-bond donors (Lipinski definition) is 0. The number of hydrogen-bond acceptors (Lipinski definition) is 2. The van der Waals surface area contributed by atoms with Crippen molar-refractivity contribution in [1.29, 1.82) is 0 Å². The van der Waals surface area contributed by atoms with Gasteiger partial charge in [-0.05, 0) is 37.5 Å². The first kappa shape index (κ1) is 14.5. The van der Waals surface area contributed by atoms with E-state index in [2.05, 4.69) is 44.1 Å². The molecule has 3 aromatic rings. The minimum absolute atomic E-state index is 0.0412. The Morgan fingerprint density at radius 3 is 2.32 bits per heavy atom. The summed E-state index contributed by atoms with van der Waals surface area (Å²) in [5, 5.41) is 5.53. The Labute approximate surface area is 130 Å². The first-order chi connectivity index (χ1) is 10.4. The molecule has 1 heterocycles. The van der Waals surface area contributed by atoms with E-state index in [0.29, 0.717) is 5.69 Å². The van der Waals surface area contributed by atoms with Gasteiger partial charge in [0.2, 0.25) is 0 Å². The quantitative estimate of drug-likeness (QED) is 0.657. The van der Waals surface area contributed by atoms with Gasteiger partial charge in [-0.1, -0.05) is 35.9 Å². The Kier molecular flexibility index (Phi) is 3.36. The van der Waals surface area contributed by atoms with Crippen LogP contribution >= 0.6 is 0 Å². The lowest BCUT2D eigenvalue weighted by atomic mass is 9.92. The maximum atomic E-state index is 11.9. The van der Waals surface area contributed by atoms with Crippen molar-refractivity contribution in [3.63, 3.8) is 0 Å². The summed E-state index contributed by atoms with van der Waals surface area (Å²) in [5.41, 5.74) is 7.60. The molecule has 0 unspecified atom stereocenters. The lowest BCUT2D eigenvalue weighted by Crippen LogP contribution is -2.02. The van der Waals surface area contributed by atoms with Crippen molar-refractivity contribution >= 4 is 16.7 Å². The molecule has 0 aliphatic heterocycles. The molecule has 0 saturated heterocycles. The van der Waals surface area contributed by atoms with Gasteiger partial charge >= 0.3 is 0 Å². The number of nitrogens with zero attached hydrogens (tertiary/aromatic N) is 2. The summed E-state index contributed by atoms with van der Waals surface area (Å²) in [6.07, 6.45) is 0. The second-order valence-corrected chi connectivity index (χ2v) is 6.00. The fourth-order valence-corrected chi connectivity index (χ4v) is 3.44. The molecular weight excluding hydrogens is 272 g/mol. The predicted octanol–water partition coefficient (Wildman–Crippen LogP) is 4.37. The molecule has 0 bridgehead atoms. The zero-order valence-electron chi connectivity index (χ0n) is 13.7. The zero-order chi connectivity index (χ0) is 16.0. The zero-order valence-corrected chi connectivity index (χ0v) is 13.7. The first-order valence-electron chi connectivity index (χ1n) is 7.45. The summed E-state index contributed by atoms with van der Waals surface area (Å²) in [6.45, 7) is 7.95. The van der Waals surface area contributed by atoms with Crippen LogP contribution in [0.15, 0.2) is 30.3 Å². The molecule has 0 amide bonds. The van der Waals surface area contributed by atoms with Gasteiger partial charge in [0.1, 0.15) is 11.2 Å². The molecule has 0 radical (unpaired) electrons. The van der Waals surface area contributed by atoms with Gasteiger partial charge in [-0.25, -0.2) is 0 Å². The van der Waals surface area contributed by atoms with Gasteiger partial charge in [-0.2, -0.15) is 5.10 Å². The van der Waals surface area contributed by atoms with Crippen LogP contribution in [0.2, 0.25) is 0 Å². The molecule has 3 heteroatoms. The van der Waals surface area contributed by atoms with Crippen LogP contribution < -0.4 is 0 Å². The van der Waals surface area contributed by atoms with E-state index in [1.54, 1.807) is 11.6 Å². The molecule has 2 aromatic carbocycles. The minimum Gasteiger partial charge on any atom is -0.293 e. The summed E-state index contributed by atoms with van der Waals surface area (Å²) in [5.74, 6) is 0.0412. The number of benzene rings is 2. The Balaban J connectivity index is 2.39. The van der Waals surface area contributed by atoms with Gasteiger partial charge in [0.25, 0.3) is 0 Å². The van der Waals surface area contributed by atoms with E-state index in [1.165, 1.54) is 22.3 Å². The molecule has 3 rings (SSSR count). The van der Waals surface area contributed by atoms with Crippen LogP contribution in [0.5, 0.6) is 0 Å². The van der Waals surface area contributed by atoms with Crippen LogP contribution in [-0.2, 0) is 7.05 Å². The van der Waals surface area contributed by atoms with Crippen molar-refractivity contribution in [3.8, 4) is 11.1 Å². The number of aromatic nitrogens is 2. The molecule has 0 N–H and O–H groups in total. The summed E-state index contributed by atoms with van der Waals surface area (Å²) >= 11 is 0. The van der Waals surface area contributed by atoms with Crippen molar-refractivity contribution in [2.24, 2.45) is 7.05 Å². The molecule has 112 valence electrons. The van der Waals surface area contributed by atoms with Crippen molar-refractivity contribution in [2.45, 2.75) is 27.7 Å². The van der Waals surface area contributed by atoms with E-state index in [9.17, 15) is 4.79 Å². The number of fused-ring (bicyclic) bond motifs is 1. The Bertz CT molecular complexity index is 880. The van der Waals surface area contributed by atoms with E-state index >= 15 is 0 Å². The van der Waals surface area contributed by atoms with E-state index in [-0.39, 0.29) is 5.78 Å². The lowest BCUT2D eigenvalue weighted by Gasteiger charge is -2.12. The van der Waals surface area contributed by atoms with Gasteiger partial charge in [0.05, 0.1) is 0 Å². The van der Waals surface area contributed by atoms with Crippen LogP contribution in [0.25, 0.3) is 22.0 Å². The number of ketones is 1. The molecule has 3 nitrogen and oxygen atoms in total. The summed E-state index contributed by atoms with van der Waals surface area (Å²) < 4.78 is 1.69. The highest BCUT2D eigenvalue weighted by atomic mass is 16.1. The van der Waals surface area contributed by atoms with Gasteiger partial charge in [-0.3, -0.25) is 9.48 Å². The topological polar surface area (TPSA) is 34.9 Å². The van der Waals surface area contributed by atoms with E-state index in [0.717, 1.165) is 16.5 Å².